The lowest BCUT2D eigenvalue weighted by molar-refractivity contribution is -0.132. The van der Waals surface area contributed by atoms with Gasteiger partial charge in [-0.15, -0.1) is 0 Å². The van der Waals surface area contributed by atoms with E-state index in [4.69, 9.17) is 4.74 Å². The minimum Gasteiger partial charge on any atom is -0.507 e. The van der Waals surface area contributed by atoms with Gasteiger partial charge in [-0.25, -0.2) is 0 Å². The third kappa shape index (κ3) is 4.02. The Bertz CT molecular complexity index is 1230. The summed E-state index contributed by atoms with van der Waals surface area (Å²) < 4.78 is 5.31. The molecule has 5 heteroatoms. The number of methoxy groups -OCH3 is 1. The molecule has 3 aromatic rings. The molecule has 33 heavy (non-hydrogen) atoms. The number of carbonyl (C=O) groups excluding carboxylic acids is 2. The van der Waals surface area contributed by atoms with E-state index >= 15 is 0 Å². The summed E-state index contributed by atoms with van der Waals surface area (Å²) in [5, 5.41) is 11.2. The van der Waals surface area contributed by atoms with Gasteiger partial charge in [-0.05, 0) is 59.9 Å². The molecule has 1 aliphatic rings. The number of aryl methyl sites for hydroxylation is 1. The standard InChI is InChI=1S/C28H27NO4/c1-17(2)19-10-13-22(14-11-19)29-25(20-8-6-5-7-9-20)24(27(31)28(29)32)26(30)21-12-15-23(33-4)18(3)16-21/h5-17,25,30H,1-4H3/b26-24-. The van der Waals surface area contributed by atoms with E-state index in [1.807, 2.05) is 61.5 Å². The molecule has 1 N–H and O–H groups in total. The van der Waals surface area contributed by atoms with Crippen molar-refractivity contribution in [2.24, 2.45) is 0 Å². The number of hydrogen-bond donors (Lipinski definition) is 1. The third-order valence-electron chi connectivity index (χ3n) is 6.07. The van der Waals surface area contributed by atoms with Gasteiger partial charge in [-0.1, -0.05) is 56.3 Å². The highest BCUT2D eigenvalue weighted by molar-refractivity contribution is 6.51. The normalized spacial score (nSPS) is 17.6. The molecule has 5 nitrogen and oxygen atoms in total. The van der Waals surface area contributed by atoms with Crippen molar-refractivity contribution < 1.29 is 19.4 Å². The molecule has 0 radical (unpaired) electrons. The molecule has 0 saturated carbocycles. The minimum absolute atomic E-state index is 0.0729. The average Bonchev–Trinajstić information content (AvgIpc) is 3.09. The van der Waals surface area contributed by atoms with Gasteiger partial charge >= 0.3 is 0 Å². The number of aliphatic hydroxyl groups is 1. The number of Topliss-reactive ketones (excluding diaryl/α,β-unsaturated/α-hetero) is 1. The van der Waals surface area contributed by atoms with Gasteiger partial charge < -0.3 is 9.84 Å². The SMILES string of the molecule is COc1ccc(/C(O)=C2/C(=O)C(=O)N(c3ccc(C(C)C)cc3)C2c2ccccc2)cc1C. The molecule has 1 heterocycles. The van der Waals surface area contributed by atoms with Gasteiger partial charge in [0.05, 0.1) is 18.7 Å². The zero-order valence-corrected chi connectivity index (χ0v) is 19.2. The summed E-state index contributed by atoms with van der Waals surface area (Å²) in [5.41, 5.74) is 3.85. The maximum Gasteiger partial charge on any atom is 0.300 e. The highest BCUT2D eigenvalue weighted by Crippen LogP contribution is 2.42. The zero-order chi connectivity index (χ0) is 23.7. The van der Waals surface area contributed by atoms with Crippen LogP contribution >= 0.6 is 0 Å². The van der Waals surface area contributed by atoms with Gasteiger partial charge in [-0.3, -0.25) is 14.5 Å². The van der Waals surface area contributed by atoms with Crippen LogP contribution < -0.4 is 9.64 Å². The molecule has 0 aliphatic carbocycles. The Kier molecular flexibility index (Phi) is 6.05. The van der Waals surface area contributed by atoms with Crippen LogP contribution in [0, 0.1) is 6.92 Å². The van der Waals surface area contributed by atoms with E-state index in [-0.39, 0.29) is 11.3 Å². The number of carbonyl (C=O) groups is 2. The second kappa shape index (κ2) is 8.94. The number of ether oxygens (including phenoxy) is 1. The Morgan fingerprint density at radius 3 is 2.21 bits per heavy atom. The van der Waals surface area contributed by atoms with Crippen molar-refractivity contribution in [1.82, 2.24) is 0 Å². The van der Waals surface area contributed by atoms with Crippen molar-refractivity contribution >= 4 is 23.1 Å². The van der Waals surface area contributed by atoms with E-state index < -0.39 is 17.7 Å². The lowest BCUT2D eigenvalue weighted by Crippen LogP contribution is -2.29. The van der Waals surface area contributed by atoms with Crippen LogP contribution in [0.3, 0.4) is 0 Å². The first kappa shape index (κ1) is 22.3. The van der Waals surface area contributed by atoms with Gasteiger partial charge in [0.2, 0.25) is 0 Å². The lowest BCUT2D eigenvalue weighted by Gasteiger charge is -2.26. The van der Waals surface area contributed by atoms with Crippen molar-refractivity contribution in [2.45, 2.75) is 32.7 Å². The van der Waals surface area contributed by atoms with Crippen molar-refractivity contribution in [3.8, 4) is 5.75 Å². The Labute approximate surface area is 193 Å². The summed E-state index contributed by atoms with van der Waals surface area (Å²) in [6.07, 6.45) is 0. The first-order valence-electron chi connectivity index (χ1n) is 10.9. The van der Waals surface area contributed by atoms with Crippen LogP contribution in [0.4, 0.5) is 5.69 Å². The number of amides is 1. The van der Waals surface area contributed by atoms with Gasteiger partial charge in [-0.2, -0.15) is 0 Å². The third-order valence-corrected chi connectivity index (χ3v) is 6.07. The fraction of sp³-hybridized carbons (Fsp3) is 0.214. The van der Waals surface area contributed by atoms with Crippen LogP contribution in [0.1, 0.15) is 48.1 Å². The maximum atomic E-state index is 13.2. The van der Waals surface area contributed by atoms with E-state index in [9.17, 15) is 14.7 Å². The van der Waals surface area contributed by atoms with Crippen molar-refractivity contribution in [2.75, 3.05) is 12.0 Å². The van der Waals surface area contributed by atoms with Gasteiger partial charge in [0.15, 0.2) is 0 Å². The van der Waals surface area contributed by atoms with Crippen molar-refractivity contribution in [1.29, 1.82) is 0 Å². The average molecular weight is 442 g/mol. The highest BCUT2D eigenvalue weighted by Gasteiger charge is 2.46. The Morgan fingerprint density at radius 1 is 0.970 bits per heavy atom. The maximum absolute atomic E-state index is 13.2. The number of rotatable bonds is 5. The molecule has 0 aromatic heterocycles. The molecule has 168 valence electrons. The number of anilines is 1. The number of aliphatic hydroxyl groups excluding tert-OH is 1. The van der Waals surface area contributed by atoms with Gasteiger partial charge in [0.25, 0.3) is 11.7 Å². The second-order valence-corrected chi connectivity index (χ2v) is 8.51. The minimum atomic E-state index is -0.737. The first-order chi connectivity index (χ1) is 15.8. The van der Waals surface area contributed by atoms with Crippen molar-refractivity contribution in [3.05, 3.63) is 101 Å². The lowest BCUT2D eigenvalue weighted by atomic mass is 9.94. The number of nitrogens with zero attached hydrogens (tertiary/aromatic N) is 1. The van der Waals surface area contributed by atoms with Crippen LogP contribution in [0.15, 0.2) is 78.4 Å². The zero-order valence-electron chi connectivity index (χ0n) is 19.2. The molecule has 3 aromatic carbocycles. The highest BCUT2D eigenvalue weighted by atomic mass is 16.5. The molecule has 0 spiro atoms. The van der Waals surface area contributed by atoms with Crippen LogP contribution in [0.25, 0.3) is 5.76 Å². The smallest absolute Gasteiger partial charge is 0.300 e. The van der Waals surface area contributed by atoms with Crippen molar-refractivity contribution in [3.63, 3.8) is 0 Å². The summed E-state index contributed by atoms with van der Waals surface area (Å²) in [4.78, 5) is 27.9. The molecule has 1 aliphatic heterocycles. The van der Waals surface area contributed by atoms with E-state index in [1.165, 1.54) is 4.90 Å². The summed E-state index contributed by atoms with van der Waals surface area (Å²) in [7, 11) is 1.58. The monoisotopic (exact) mass is 441 g/mol. The molecule has 1 atom stereocenters. The molecule has 1 amide bonds. The quantitative estimate of drug-likeness (QED) is 0.311. The van der Waals surface area contributed by atoms with E-state index in [1.54, 1.807) is 25.3 Å². The molecule has 0 bridgehead atoms. The predicted octanol–water partition coefficient (Wildman–Crippen LogP) is 5.75. The molecular weight excluding hydrogens is 414 g/mol. The Hall–Kier alpha value is -3.86. The van der Waals surface area contributed by atoms with E-state index in [0.717, 1.165) is 16.7 Å². The second-order valence-electron chi connectivity index (χ2n) is 8.51. The fourth-order valence-electron chi connectivity index (χ4n) is 4.25. The fourth-order valence-corrected chi connectivity index (χ4v) is 4.25. The topological polar surface area (TPSA) is 66.8 Å². The number of hydrogen-bond acceptors (Lipinski definition) is 4. The van der Waals surface area contributed by atoms with E-state index in [2.05, 4.69) is 13.8 Å². The summed E-state index contributed by atoms with van der Waals surface area (Å²) in [6.45, 7) is 6.06. The van der Waals surface area contributed by atoms with Crippen LogP contribution in [-0.4, -0.2) is 23.9 Å². The summed E-state index contributed by atoms with van der Waals surface area (Å²) in [5.74, 6) is -0.542. The first-order valence-corrected chi connectivity index (χ1v) is 10.9. The number of benzene rings is 3. The van der Waals surface area contributed by atoms with Gasteiger partial charge in [0, 0.05) is 11.3 Å². The summed E-state index contributed by atoms with van der Waals surface area (Å²) in [6, 6.07) is 21.4. The van der Waals surface area contributed by atoms with Gasteiger partial charge in [0.1, 0.15) is 11.5 Å². The summed E-state index contributed by atoms with van der Waals surface area (Å²) >= 11 is 0. The predicted molar refractivity (Wildman–Crippen MR) is 129 cm³/mol. The molecule has 1 unspecified atom stereocenters. The Morgan fingerprint density at radius 2 is 1.64 bits per heavy atom. The van der Waals surface area contributed by atoms with Crippen LogP contribution in [0.5, 0.6) is 5.75 Å². The van der Waals surface area contributed by atoms with Crippen LogP contribution in [0.2, 0.25) is 0 Å². The Balaban J connectivity index is 1.89. The number of ketones is 1. The molecule has 4 rings (SSSR count). The largest absolute Gasteiger partial charge is 0.507 e. The van der Waals surface area contributed by atoms with Crippen LogP contribution in [-0.2, 0) is 9.59 Å². The molecule has 1 fully saturated rings. The molecule has 1 saturated heterocycles. The van der Waals surface area contributed by atoms with E-state index in [0.29, 0.717) is 22.9 Å². The molecular formula is C28H27NO4.